The number of phenolic OH excluding ortho intramolecular Hbond substituents is 3. The summed E-state index contributed by atoms with van der Waals surface area (Å²) in [5.41, 5.74) is -2.26. The second-order valence-corrected chi connectivity index (χ2v) is 4.65. The van der Waals surface area contributed by atoms with Crippen molar-refractivity contribution in [1.82, 2.24) is 0 Å². The molecule has 1 aromatic rings. The fraction of sp³-hybridized carbons (Fsp3) is 0.214. The van der Waals surface area contributed by atoms with E-state index in [0.717, 1.165) is 6.08 Å². The number of rotatable bonds is 7. The van der Waals surface area contributed by atoms with Crippen molar-refractivity contribution < 1.29 is 59.5 Å². The monoisotopic (exact) mass is 374 g/mol. The fourth-order valence-corrected chi connectivity index (χ4v) is 1.79. The Balaban J connectivity index is 3.42. The maximum Gasteiger partial charge on any atom is 0.377 e. The first-order valence-electron chi connectivity index (χ1n) is 6.67. The Labute approximate surface area is 144 Å². The molecule has 1 unspecified atom stereocenters. The zero-order chi connectivity index (χ0) is 20.0. The first-order chi connectivity index (χ1) is 12.2. The molecule has 0 radical (unpaired) electrons. The lowest BCUT2D eigenvalue weighted by Gasteiger charge is -2.18. The molecule has 26 heavy (non-hydrogen) atoms. The Morgan fingerprint density at radius 1 is 1.00 bits per heavy atom. The average molecular weight is 374 g/mol. The molecule has 0 bridgehead atoms. The van der Waals surface area contributed by atoms with Gasteiger partial charge in [-0.05, 0) is 6.92 Å². The maximum absolute atomic E-state index is 11.7. The van der Waals surface area contributed by atoms with E-state index in [0.29, 0.717) is 0 Å². The topological polar surface area (TPSA) is 189 Å². The summed E-state index contributed by atoms with van der Waals surface area (Å²) in [6, 6.07) is 0. The van der Waals surface area contributed by atoms with E-state index in [4.69, 9.17) is 20.0 Å². The van der Waals surface area contributed by atoms with Crippen LogP contribution in [-0.2, 0) is 19.3 Å². The third kappa shape index (κ3) is 4.12. The van der Waals surface area contributed by atoms with Crippen LogP contribution in [0.4, 0.5) is 0 Å². The molecule has 0 amide bonds. The number of esters is 1. The zero-order valence-corrected chi connectivity index (χ0v) is 13.2. The first-order valence-corrected chi connectivity index (χ1v) is 6.67. The highest BCUT2D eigenvalue weighted by Gasteiger charge is 2.35. The van der Waals surface area contributed by atoms with Crippen molar-refractivity contribution >= 4 is 17.9 Å². The molecule has 0 aromatic heterocycles. The molecule has 142 valence electrons. The molecule has 5 N–H and O–H groups in total. The molecular weight excluding hydrogens is 360 g/mol. The fourth-order valence-electron chi connectivity index (χ4n) is 1.79. The third-order valence-electron chi connectivity index (χ3n) is 2.90. The summed E-state index contributed by atoms with van der Waals surface area (Å²) in [7, 11) is 0. The standard InChI is InChI=1S/C14H14O12/c1-3-6(15)24-5(2)4-23-12-8(14(20)26-22)7(13(19)25-21)9(16)10(17)11(12)18/h3,5,16-18,21-22H,1,4H2,2H3. The van der Waals surface area contributed by atoms with Gasteiger partial charge in [-0.25, -0.2) is 14.4 Å². The predicted octanol–water partition coefficient (Wildman–Crippen LogP) is 0.559. The minimum atomic E-state index is -1.74. The summed E-state index contributed by atoms with van der Waals surface area (Å²) in [6.07, 6.45) is -0.0911. The highest BCUT2D eigenvalue weighted by atomic mass is 17.1. The van der Waals surface area contributed by atoms with Crippen molar-refractivity contribution in [3.8, 4) is 23.0 Å². The van der Waals surface area contributed by atoms with E-state index < -0.39 is 64.7 Å². The van der Waals surface area contributed by atoms with Gasteiger partial charge in [0, 0.05) is 6.08 Å². The molecule has 0 spiro atoms. The van der Waals surface area contributed by atoms with Crippen molar-refractivity contribution in [3.05, 3.63) is 23.8 Å². The van der Waals surface area contributed by atoms with Crippen LogP contribution in [0.25, 0.3) is 0 Å². The van der Waals surface area contributed by atoms with Crippen molar-refractivity contribution in [1.29, 1.82) is 0 Å². The molecule has 0 heterocycles. The third-order valence-corrected chi connectivity index (χ3v) is 2.90. The number of hydrogen-bond acceptors (Lipinski definition) is 12. The van der Waals surface area contributed by atoms with Gasteiger partial charge in [-0.15, -0.1) is 0 Å². The Kier molecular flexibility index (Phi) is 6.75. The van der Waals surface area contributed by atoms with E-state index in [-0.39, 0.29) is 0 Å². The summed E-state index contributed by atoms with van der Waals surface area (Å²) in [6.45, 7) is 4.01. The van der Waals surface area contributed by atoms with Crippen molar-refractivity contribution in [2.45, 2.75) is 13.0 Å². The van der Waals surface area contributed by atoms with Gasteiger partial charge in [-0.3, -0.25) is 9.78 Å². The summed E-state index contributed by atoms with van der Waals surface area (Å²) < 4.78 is 9.80. The predicted molar refractivity (Wildman–Crippen MR) is 78.8 cm³/mol. The summed E-state index contributed by atoms with van der Waals surface area (Å²) in [4.78, 5) is 41.2. The number of benzene rings is 1. The molecule has 0 aliphatic carbocycles. The van der Waals surface area contributed by atoms with Crippen LogP contribution in [-0.4, -0.2) is 56.5 Å². The lowest BCUT2D eigenvalue weighted by atomic mass is 10.0. The van der Waals surface area contributed by atoms with Gasteiger partial charge in [0.2, 0.25) is 11.5 Å². The van der Waals surface area contributed by atoms with Gasteiger partial charge < -0.3 is 24.8 Å². The van der Waals surface area contributed by atoms with Gasteiger partial charge in [0.05, 0.1) is 0 Å². The summed E-state index contributed by atoms with van der Waals surface area (Å²) >= 11 is 0. The Hall–Kier alpha value is -3.51. The summed E-state index contributed by atoms with van der Waals surface area (Å²) in [5, 5.41) is 46.2. The maximum atomic E-state index is 11.7. The number of ether oxygens (including phenoxy) is 2. The molecular formula is C14H14O12. The minimum Gasteiger partial charge on any atom is -0.504 e. The zero-order valence-electron chi connectivity index (χ0n) is 13.2. The molecule has 0 saturated heterocycles. The Morgan fingerprint density at radius 3 is 2.04 bits per heavy atom. The SMILES string of the molecule is C=CC(=O)OC(C)COc1c(O)c(O)c(O)c(C(=O)OO)c1C(=O)OO. The van der Waals surface area contributed by atoms with E-state index >= 15 is 0 Å². The van der Waals surface area contributed by atoms with E-state index in [9.17, 15) is 29.7 Å². The largest absolute Gasteiger partial charge is 0.504 e. The van der Waals surface area contributed by atoms with Crippen LogP contribution in [0.15, 0.2) is 12.7 Å². The lowest BCUT2D eigenvalue weighted by molar-refractivity contribution is -0.185. The molecule has 0 fully saturated rings. The molecule has 0 saturated carbocycles. The second-order valence-electron chi connectivity index (χ2n) is 4.65. The second kappa shape index (κ2) is 8.55. The average Bonchev–Trinajstić information content (AvgIpc) is 2.63. The highest BCUT2D eigenvalue weighted by Crippen LogP contribution is 2.48. The van der Waals surface area contributed by atoms with Crippen molar-refractivity contribution in [2.24, 2.45) is 0 Å². The van der Waals surface area contributed by atoms with Crippen LogP contribution in [0.3, 0.4) is 0 Å². The molecule has 0 aliphatic rings. The molecule has 1 aromatic carbocycles. The number of aromatic hydroxyl groups is 3. The number of phenols is 3. The van der Waals surface area contributed by atoms with E-state index in [1.54, 1.807) is 0 Å². The van der Waals surface area contributed by atoms with Crippen molar-refractivity contribution in [2.75, 3.05) is 6.61 Å². The van der Waals surface area contributed by atoms with E-state index in [1.165, 1.54) is 6.92 Å². The number of carbonyl (C=O) groups is 3. The smallest absolute Gasteiger partial charge is 0.377 e. The van der Waals surface area contributed by atoms with Crippen molar-refractivity contribution in [3.63, 3.8) is 0 Å². The lowest BCUT2D eigenvalue weighted by Crippen LogP contribution is -2.22. The number of hydrogen-bond donors (Lipinski definition) is 5. The van der Waals surface area contributed by atoms with Crippen LogP contribution in [0.1, 0.15) is 27.6 Å². The van der Waals surface area contributed by atoms with E-state index in [1.807, 2.05) is 0 Å². The Morgan fingerprint density at radius 2 is 1.54 bits per heavy atom. The van der Waals surface area contributed by atoms with E-state index in [2.05, 4.69) is 16.4 Å². The van der Waals surface area contributed by atoms with Crippen LogP contribution in [0, 0.1) is 0 Å². The molecule has 12 heteroatoms. The van der Waals surface area contributed by atoms with Gasteiger partial charge in [0.25, 0.3) is 0 Å². The highest BCUT2D eigenvalue weighted by molar-refractivity contribution is 6.08. The first kappa shape index (κ1) is 20.5. The van der Waals surface area contributed by atoms with Crippen LogP contribution in [0.2, 0.25) is 0 Å². The van der Waals surface area contributed by atoms with Crippen LogP contribution < -0.4 is 4.74 Å². The van der Waals surface area contributed by atoms with Crippen LogP contribution in [0.5, 0.6) is 23.0 Å². The quantitative estimate of drug-likeness (QED) is 0.111. The number of carbonyl (C=O) groups excluding carboxylic acids is 3. The molecule has 12 nitrogen and oxygen atoms in total. The van der Waals surface area contributed by atoms with Gasteiger partial charge in [0.1, 0.15) is 23.8 Å². The normalized spacial score (nSPS) is 11.2. The van der Waals surface area contributed by atoms with Gasteiger partial charge in [0.15, 0.2) is 11.5 Å². The van der Waals surface area contributed by atoms with Gasteiger partial charge >= 0.3 is 17.9 Å². The van der Waals surface area contributed by atoms with Gasteiger partial charge in [-0.2, -0.15) is 10.5 Å². The molecule has 1 rings (SSSR count). The molecule has 1 atom stereocenters. The Bertz CT molecular complexity index is 738. The minimum absolute atomic E-state index is 0.517. The van der Waals surface area contributed by atoms with Gasteiger partial charge in [-0.1, -0.05) is 6.58 Å². The van der Waals surface area contributed by atoms with Crippen LogP contribution >= 0.6 is 0 Å². The summed E-state index contributed by atoms with van der Waals surface area (Å²) in [5.74, 6) is -9.05. The molecule has 0 aliphatic heterocycles.